The third-order valence-corrected chi connectivity index (χ3v) is 3.98. The minimum atomic E-state index is 0.322. The normalized spacial score (nSPS) is 10.8. The van der Waals surface area contributed by atoms with E-state index in [1.165, 1.54) is 64.2 Å². The van der Waals surface area contributed by atoms with E-state index in [4.69, 9.17) is 0 Å². The van der Waals surface area contributed by atoms with Crippen molar-refractivity contribution in [3.63, 3.8) is 0 Å². The molecule has 0 atom stereocenters. The van der Waals surface area contributed by atoms with E-state index < -0.39 is 0 Å². The first kappa shape index (κ1) is 19.5. The number of amides is 1. The molecule has 0 aliphatic heterocycles. The number of carbonyl (C=O) groups is 1. The minimum absolute atomic E-state index is 0.322. The minimum Gasteiger partial charge on any atom is -0.346 e. The van der Waals surface area contributed by atoms with Gasteiger partial charge < -0.3 is 4.90 Å². The summed E-state index contributed by atoms with van der Waals surface area (Å²) in [6.45, 7) is 5.29. The average Bonchev–Trinajstić information content (AvgIpc) is 2.44. The van der Waals surface area contributed by atoms with Crippen LogP contribution < -0.4 is 0 Å². The van der Waals surface area contributed by atoms with E-state index in [-0.39, 0.29) is 0 Å². The van der Waals surface area contributed by atoms with Gasteiger partial charge >= 0.3 is 0 Å². The molecule has 0 heterocycles. The molecule has 0 rings (SSSR count). The summed E-state index contributed by atoms with van der Waals surface area (Å²) in [5.74, 6) is 0.322. The fourth-order valence-corrected chi connectivity index (χ4v) is 2.59. The van der Waals surface area contributed by atoms with E-state index in [2.05, 4.69) is 13.8 Å². The molecule has 0 aromatic rings. The molecule has 1 amide bonds. The molecule has 0 saturated carbocycles. The van der Waals surface area contributed by atoms with E-state index in [1.807, 2.05) is 11.9 Å². The number of nitrogens with zero attached hydrogens (tertiary/aromatic N) is 1. The van der Waals surface area contributed by atoms with Crippen molar-refractivity contribution in [3.8, 4) is 0 Å². The zero-order valence-corrected chi connectivity index (χ0v) is 14.3. The van der Waals surface area contributed by atoms with Gasteiger partial charge in [0, 0.05) is 20.0 Å². The van der Waals surface area contributed by atoms with Crippen molar-refractivity contribution in [3.05, 3.63) is 0 Å². The number of hydrogen-bond acceptors (Lipinski definition) is 1. The Balaban J connectivity index is 3.18. The van der Waals surface area contributed by atoms with Gasteiger partial charge in [-0.15, -0.1) is 0 Å². The van der Waals surface area contributed by atoms with E-state index >= 15 is 0 Å². The Hall–Kier alpha value is -0.530. The number of unbranched alkanes of at least 4 members (excludes halogenated alkanes) is 10. The van der Waals surface area contributed by atoms with Gasteiger partial charge in [-0.25, -0.2) is 0 Å². The molecule has 0 saturated heterocycles. The molecule has 20 heavy (non-hydrogen) atoms. The predicted octanol–water partition coefficient (Wildman–Crippen LogP) is 5.56. The zero-order chi connectivity index (χ0) is 15.1. The molecule has 0 aromatic heterocycles. The van der Waals surface area contributed by atoms with E-state index in [0.717, 1.165) is 25.8 Å². The van der Waals surface area contributed by atoms with Gasteiger partial charge in [0.25, 0.3) is 0 Å². The van der Waals surface area contributed by atoms with Gasteiger partial charge in [0.2, 0.25) is 5.91 Å². The zero-order valence-electron chi connectivity index (χ0n) is 14.3. The maximum absolute atomic E-state index is 11.7. The van der Waals surface area contributed by atoms with Crippen LogP contribution in [0.25, 0.3) is 0 Å². The summed E-state index contributed by atoms with van der Waals surface area (Å²) in [6, 6.07) is 0. The molecule has 2 heteroatoms. The molecule has 0 aromatic carbocycles. The summed E-state index contributed by atoms with van der Waals surface area (Å²) < 4.78 is 0. The molecule has 0 bridgehead atoms. The Morgan fingerprint density at radius 1 is 0.700 bits per heavy atom. The van der Waals surface area contributed by atoms with Crippen LogP contribution in [0.4, 0.5) is 0 Å². The standard InChI is InChI=1S/C18H37NO/c1-4-6-7-8-9-10-11-12-13-14-15-16-18(20)19(3)17-5-2/h4-17H2,1-3H3. The lowest BCUT2D eigenvalue weighted by molar-refractivity contribution is -0.130. The van der Waals surface area contributed by atoms with Crippen molar-refractivity contribution in [1.29, 1.82) is 0 Å². The lowest BCUT2D eigenvalue weighted by Crippen LogP contribution is -2.26. The van der Waals surface area contributed by atoms with Gasteiger partial charge in [0.05, 0.1) is 0 Å². The number of rotatable bonds is 14. The van der Waals surface area contributed by atoms with Crippen molar-refractivity contribution in [2.45, 2.75) is 97.3 Å². The van der Waals surface area contributed by atoms with Crippen LogP contribution in [0.15, 0.2) is 0 Å². The quantitative estimate of drug-likeness (QED) is 0.382. The van der Waals surface area contributed by atoms with Crippen molar-refractivity contribution in [1.82, 2.24) is 4.90 Å². The van der Waals surface area contributed by atoms with Crippen LogP contribution in [-0.2, 0) is 4.79 Å². The first-order valence-corrected chi connectivity index (χ1v) is 8.96. The SMILES string of the molecule is CCCCCCCCCCCCCC(=O)N(C)CCC. The lowest BCUT2D eigenvalue weighted by atomic mass is 10.1. The Labute approximate surface area is 127 Å². The molecule has 0 unspecified atom stereocenters. The maximum Gasteiger partial charge on any atom is 0.222 e. The third-order valence-electron chi connectivity index (χ3n) is 3.98. The summed E-state index contributed by atoms with van der Waals surface area (Å²) in [5.41, 5.74) is 0. The highest BCUT2D eigenvalue weighted by Crippen LogP contribution is 2.12. The van der Waals surface area contributed by atoms with Crippen molar-refractivity contribution < 1.29 is 4.79 Å². The fraction of sp³-hybridized carbons (Fsp3) is 0.944. The van der Waals surface area contributed by atoms with E-state index in [1.54, 1.807) is 0 Å². The largest absolute Gasteiger partial charge is 0.346 e. The molecule has 120 valence electrons. The number of hydrogen-bond donors (Lipinski definition) is 0. The first-order valence-electron chi connectivity index (χ1n) is 8.96. The molecule has 0 spiro atoms. The molecular formula is C18H37NO. The summed E-state index contributed by atoms with van der Waals surface area (Å²) in [7, 11) is 1.92. The van der Waals surface area contributed by atoms with Gasteiger partial charge in [-0.05, 0) is 12.8 Å². The fourth-order valence-electron chi connectivity index (χ4n) is 2.59. The highest BCUT2D eigenvalue weighted by atomic mass is 16.2. The van der Waals surface area contributed by atoms with Crippen LogP contribution in [0.5, 0.6) is 0 Å². The second kappa shape index (κ2) is 14.9. The van der Waals surface area contributed by atoms with Gasteiger partial charge in [0.1, 0.15) is 0 Å². The van der Waals surface area contributed by atoms with Crippen LogP contribution in [0, 0.1) is 0 Å². The molecule has 0 aliphatic carbocycles. The third kappa shape index (κ3) is 12.5. The monoisotopic (exact) mass is 283 g/mol. The molecular weight excluding hydrogens is 246 g/mol. The Morgan fingerprint density at radius 3 is 1.60 bits per heavy atom. The van der Waals surface area contributed by atoms with Gasteiger partial charge in [-0.2, -0.15) is 0 Å². The second-order valence-electron chi connectivity index (χ2n) is 6.10. The number of carbonyl (C=O) groups excluding carboxylic acids is 1. The Kier molecular flexibility index (Phi) is 14.5. The Bertz CT molecular complexity index is 215. The van der Waals surface area contributed by atoms with Gasteiger partial charge in [-0.1, -0.05) is 78.1 Å². The van der Waals surface area contributed by atoms with Crippen LogP contribution in [0.3, 0.4) is 0 Å². The first-order chi connectivity index (χ1) is 9.72. The topological polar surface area (TPSA) is 20.3 Å². The second-order valence-corrected chi connectivity index (χ2v) is 6.10. The average molecular weight is 284 g/mol. The van der Waals surface area contributed by atoms with Crippen LogP contribution in [0.1, 0.15) is 97.3 Å². The smallest absolute Gasteiger partial charge is 0.222 e. The summed E-state index contributed by atoms with van der Waals surface area (Å²) in [6.07, 6.45) is 16.5. The molecule has 2 nitrogen and oxygen atoms in total. The van der Waals surface area contributed by atoms with Gasteiger partial charge in [0.15, 0.2) is 0 Å². The molecule has 0 radical (unpaired) electrons. The van der Waals surface area contributed by atoms with Crippen molar-refractivity contribution in [2.75, 3.05) is 13.6 Å². The highest BCUT2D eigenvalue weighted by Gasteiger charge is 2.06. The summed E-state index contributed by atoms with van der Waals surface area (Å²) in [4.78, 5) is 13.6. The highest BCUT2D eigenvalue weighted by molar-refractivity contribution is 5.75. The summed E-state index contributed by atoms with van der Waals surface area (Å²) >= 11 is 0. The Morgan fingerprint density at radius 2 is 1.15 bits per heavy atom. The van der Waals surface area contributed by atoms with E-state index in [9.17, 15) is 4.79 Å². The molecule has 0 fully saturated rings. The molecule has 0 N–H and O–H groups in total. The maximum atomic E-state index is 11.7. The van der Waals surface area contributed by atoms with Crippen molar-refractivity contribution >= 4 is 5.91 Å². The van der Waals surface area contributed by atoms with E-state index in [0.29, 0.717) is 5.91 Å². The van der Waals surface area contributed by atoms with Gasteiger partial charge in [-0.3, -0.25) is 4.79 Å². The molecule has 0 aliphatic rings. The summed E-state index contributed by atoms with van der Waals surface area (Å²) in [5, 5.41) is 0. The predicted molar refractivity (Wildman–Crippen MR) is 89.0 cm³/mol. The lowest BCUT2D eigenvalue weighted by Gasteiger charge is -2.15. The van der Waals surface area contributed by atoms with Crippen LogP contribution in [-0.4, -0.2) is 24.4 Å². The van der Waals surface area contributed by atoms with Crippen LogP contribution >= 0.6 is 0 Å². The van der Waals surface area contributed by atoms with Crippen LogP contribution in [0.2, 0.25) is 0 Å². The van der Waals surface area contributed by atoms with Crippen molar-refractivity contribution in [2.24, 2.45) is 0 Å².